The molecule has 0 amide bonds. The summed E-state index contributed by atoms with van der Waals surface area (Å²) in [5.74, 6) is 0.984. The van der Waals surface area contributed by atoms with Crippen LogP contribution in [0.4, 0.5) is 0 Å². The molecule has 0 heterocycles. The molecule has 2 rings (SSSR count). The van der Waals surface area contributed by atoms with Crippen LogP contribution in [0.2, 0.25) is 0 Å². The van der Waals surface area contributed by atoms with Gasteiger partial charge in [-0.15, -0.1) is 0 Å². The molecule has 1 aromatic rings. The molecule has 18 heavy (non-hydrogen) atoms. The molecule has 1 fully saturated rings. The quantitative estimate of drug-likeness (QED) is 0.838. The summed E-state index contributed by atoms with van der Waals surface area (Å²) < 4.78 is 7.03. The molecular weight excluding hydrogens is 290 g/mol. The molecular formula is C15H22BrNO. The lowest BCUT2D eigenvalue weighted by Crippen LogP contribution is -2.24. The summed E-state index contributed by atoms with van der Waals surface area (Å²) in [5.41, 5.74) is 1.30. The SMILES string of the molecule is CCCNC(C)c1ccc(OC2CCC2)cc1Br. The highest BCUT2D eigenvalue weighted by Gasteiger charge is 2.19. The Morgan fingerprint density at radius 1 is 1.44 bits per heavy atom. The average Bonchev–Trinajstić information content (AvgIpc) is 2.31. The number of hydrogen-bond acceptors (Lipinski definition) is 2. The number of ether oxygens (including phenoxy) is 1. The Morgan fingerprint density at radius 2 is 2.22 bits per heavy atom. The first-order valence-electron chi connectivity index (χ1n) is 6.90. The van der Waals surface area contributed by atoms with Crippen LogP contribution in [0.25, 0.3) is 0 Å². The van der Waals surface area contributed by atoms with E-state index in [2.05, 4.69) is 53.3 Å². The van der Waals surface area contributed by atoms with Crippen LogP contribution >= 0.6 is 15.9 Å². The van der Waals surface area contributed by atoms with E-state index in [-0.39, 0.29) is 0 Å². The minimum absolute atomic E-state index is 0.372. The van der Waals surface area contributed by atoms with E-state index in [1.54, 1.807) is 0 Å². The third-order valence-electron chi connectivity index (χ3n) is 3.49. The molecule has 1 aliphatic carbocycles. The normalized spacial score (nSPS) is 17.3. The molecule has 1 atom stereocenters. The fourth-order valence-corrected chi connectivity index (χ4v) is 2.79. The zero-order valence-electron chi connectivity index (χ0n) is 11.2. The Balaban J connectivity index is 1.99. The summed E-state index contributed by atoms with van der Waals surface area (Å²) in [4.78, 5) is 0. The van der Waals surface area contributed by atoms with Crippen LogP contribution in [0.5, 0.6) is 5.75 Å². The van der Waals surface area contributed by atoms with E-state index < -0.39 is 0 Å². The van der Waals surface area contributed by atoms with Gasteiger partial charge in [0.15, 0.2) is 0 Å². The first-order chi connectivity index (χ1) is 8.70. The number of benzene rings is 1. The third kappa shape index (κ3) is 3.48. The van der Waals surface area contributed by atoms with Crippen molar-refractivity contribution in [2.75, 3.05) is 6.54 Å². The lowest BCUT2D eigenvalue weighted by molar-refractivity contribution is 0.120. The summed E-state index contributed by atoms with van der Waals surface area (Å²) in [6.45, 7) is 5.43. The first kappa shape index (κ1) is 13.9. The molecule has 1 N–H and O–H groups in total. The van der Waals surface area contributed by atoms with Gasteiger partial charge >= 0.3 is 0 Å². The topological polar surface area (TPSA) is 21.3 Å². The van der Waals surface area contributed by atoms with E-state index in [9.17, 15) is 0 Å². The van der Waals surface area contributed by atoms with E-state index in [4.69, 9.17) is 4.74 Å². The standard InChI is InChI=1S/C15H22BrNO/c1-3-9-17-11(2)14-8-7-13(10-15(14)16)18-12-5-4-6-12/h7-8,10-12,17H,3-6,9H2,1-2H3. The van der Waals surface area contributed by atoms with Crippen LogP contribution in [0, 0.1) is 0 Å². The minimum Gasteiger partial charge on any atom is -0.490 e. The summed E-state index contributed by atoms with van der Waals surface area (Å²) in [7, 11) is 0. The Labute approximate surface area is 118 Å². The van der Waals surface area contributed by atoms with Crippen molar-refractivity contribution in [2.24, 2.45) is 0 Å². The van der Waals surface area contributed by atoms with E-state index in [1.165, 1.54) is 24.8 Å². The van der Waals surface area contributed by atoms with Crippen molar-refractivity contribution >= 4 is 15.9 Å². The summed E-state index contributed by atoms with van der Waals surface area (Å²) >= 11 is 3.65. The third-order valence-corrected chi connectivity index (χ3v) is 4.18. The van der Waals surface area contributed by atoms with Crippen LogP contribution in [0.15, 0.2) is 22.7 Å². The van der Waals surface area contributed by atoms with Gasteiger partial charge in [-0.2, -0.15) is 0 Å². The Morgan fingerprint density at radius 3 is 2.78 bits per heavy atom. The first-order valence-corrected chi connectivity index (χ1v) is 7.69. The predicted molar refractivity (Wildman–Crippen MR) is 79.1 cm³/mol. The zero-order chi connectivity index (χ0) is 13.0. The molecule has 1 aromatic carbocycles. The highest BCUT2D eigenvalue weighted by Crippen LogP contribution is 2.30. The fraction of sp³-hybridized carbons (Fsp3) is 0.600. The number of halogens is 1. The smallest absolute Gasteiger partial charge is 0.120 e. The number of hydrogen-bond donors (Lipinski definition) is 1. The lowest BCUT2D eigenvalue weighted by Gasteiger charge is -2.26. The second-order valence-electron chi connectivity index (χ2n) is 5.03. The van der Waals surface area contributed by atoms with Gasteiger partial charge in [0.05, 0.1) is 6.10 Å². The van der Waals surface area contributed by atoms with Crippen LogP contribution in [0.3, 0.4) is 0 Å². The van der Waals surface area contributed by atoms with Gasteiger partial charge in [-0.1, -0.05) is 28.9 Å². The minimum atomic E-state index is 0.372. The Kier molecular flexibility index (Phi) is 5.07. The molecule has 100 valence electrons. The Hall–Kier alpha value is -0.540. The van der Waals surface area contributed by atoms with Crippen LogP contribution < -0.4 is 10.1 Å². The largest absolute Gasteiger partial charge is 0.490 e. The van der Waals surface area contributed by atoms with Gasteiger partial charge in [-0.3, -0.25) is 0 Å². The monoisotopic (exact) mass is 311 g/mol. The summed E-state index contributed by atoms with van der Waals surface area (Å²) in [6.07, 6.45) is 5.31. The fourth-order valence-electron chi connectivity index (χ4n) is 2.08. The predicted octanol–water partition coefficient (Wildman–Crippen LogP) is 4.44. The van der Waals surface area contributed by atoms with E-state index in [0.29, 0.717) is 12.1 Å². The van der Waals surface area contributed by atoms with Crippen LogP contribution in [-0.2, 0) is 0 Å². The van der Waals surface area contributed by atoms with Gasteiger partial charge in [0.2, 0.25) is 0 Å². The summed E-state index contributed by atoms with van der Waals surface area (Å²) in [6, 6.07) is 6.71. The van der Waals surface area contributed by atoms with Gasteiger partial charge in [-0.25, -0.2) is 0 Å². The molecule has 1 aliphatic rings. The van der Waals surface area contributed by atoms with Crippen molar-refractivity contribution in [3.63, 3.8) is 0 Å². The molecule has 0 aromatic heterocycles. The maximum Gasteiger partial charge on any atom is 0.120 e. The van der Waals surface area contributed by atoms with Crippen molar-refractivity contribution in [1.82, 2.24) is 5.32 Å². The second-order valence-corrected chi connectivity index (χ2v) is 5.88. The van der Waals surface area contributed by atoms with Gasteiger partial charge in [0.1, 0.15) is 5.75 Å². The van der Waals surface area contributed by atoms with Crippen LogP contribution in [0.1, 0.15) is 51.1 Å². The zero-order valence-corrected chi connectivity index (χ0v) is 12.8. The number of nitrogens with one attached hydrogen (secondary N) is 1. The Bertz CT molecular complexity index is 390. The van der Waals surface area contributed by atoms with Crippen molar-refractivity contribution in [3.8, 4) is 5.75 Å². The maximum atomic E-state index is 5.90. The van der Waals surface area contributed by atoms with Gasteiger partial charge in [0.25, 0.3) is 0 Å². The van der Waals surface area contributed by atoms with Crippen molar-refractivity contribution < 1.29 is 4.74 Å². The van der Waals surface area contributed by atoms with Crippen molar-refractivity contribution in [1.29, 1.82) is 0 Å². The van der Waals surface area contributed by atoms with Gasteiger partial charge in [0, 0.05) is 10.5 Å². The maximum absolute atomic E-state index is 5.90. The molecule has 3 heteroatoms. The molecule has 0 aliphatic heterocycles. The molecule has 0 saturated heterocycles. The summed E-state index contributed by atoms with van der Waals surface area (Å²) in [5, 5.41) is 3.50. The van der Waals surface area contributed by atoms with E-state index in [0.717, 1.165) is 23.2 Å². The van der Waals surface area contributed by atoms with Gasteiger partial charge < -0.3 is 10.1 Å². The highest BCUT2D eigenvalue weighted by molar-refractivity contribution is 9.10. The molecule has 1 unspecified atom stereocenters. The lowest BCUT2D eigenvalue weighted by atomic mass is 9.96. The number of rotatable bonds is 6. The van der Waals surface area contributed by atoms with Crippen molar-refractivity contribution in [3.05, 3.63) is 28.2 Å². The van der Waals surface area contributed by atoms with Crippen molar-refractivity contribution in [2.45, 2.75) is 51.7 Å². The van der Waals surface area contributed by atoms with E-state index >= 15 is 0 Å². The van der Waals surface area contributed by atoms with Crippen LogP contribution in [-0.4, -0.2) is 12.6 Å². The molecule has 1 saturated carbocycles. The second kappa shape index (κ2) is 6.58. The van der Waals surface area contributed by atoms with E-state index in [1.807, 2.05) is 0 Å². The highest BCUT2D eigenvalue weighted by atomic mass is 79.9. The molecule has 2 nitrogen and oxygen atoms in total. The molecule has 0 spiro atoms. The van der Waals surface area contributed by atoms with Gasteiger partial charge in [-0.05, 0) is 56.8 Å². The molecule has 0 radical (unpaired) electrons. The average molecular weight is 312 g/mol. The molecule has 0 bridgehead atoms.